The Morgan fingerprint density at radius 1 is 1.10 bits per heavy atom. The van der Waals surface area contributed by atoms with Crippen LogP contribution in [0.15, 0.2) is 67.0 Å². The quantitative estimate of drug-likeness (QED) is 0.273. The van der Waals surface area contributed by atoms with Crippen LogP contribution in [0.4, 0.5) is 5.82 Å². The third-order valence-corrected chi connectivity index (χ3v) is 8.99. The fourth-order valence-electron chi connectivity index (χ4n) is 4.81. The number of nitrogens with zero attached hydrogens (tertiary/aromatic N) is 3. The lowest BCUT2D eigenvalue weighted by molar-refractivity contribution is -0.122. The molecule has 0 saturated carbocycles. The highest BCUT2D eigenvalue weighted by atomic mass is 35.5. The summed E-state index contributed by atoms with van der Waals surface area (Å²) in [4.78, 5) is 52.6. The molecule has 216 valence electrons. The fourth-order valence-corrected chi connectivity index (χ4v) is 6.30. The number of Topliss-reactive ketones (excluding diaryl/α,β-unsaturated/α-hetero) is 1. The van der Waals surface area contributed by atoms with Gasteiger partial charge in [-0.25, -0.2) is 4.98 Å². The number of halogens is 1. The number of anilines is 1. The van der Waals surface area contributed by atoms with Crippen LogP contribution in [0.25, 0.3) is 0 Å². The summed E-state index contributed by atoms with van der Waals surface area (Å²) in [6, 6.07) is 15.1. The second kappa shape index (κ2) is 12.0. The lowest BCUT2D eigenvalue weighted by Gasteiger charge is -2.29. The Labute approximate surface area is 253 Å². The number of carbonyl (C=O) groups is 3. The monoisotopic (exact) mass is 602 g/mol. The number of rotatable bonds is 7. The van der Waals surface area contributed by atoms with Crippen molar-refractivity contribution in [3.63, 3.8) is 0 Å². The van der Waals surface area contributed by atoms with Gasteiger partial charge in [0.15, 0.2) is 5.78 Å². The molecule has 1 atom stereocenters. The lowest BCUT2D eigenvalue weighted by atomic mass is 9.93. The molecule has 1 unspecified atom stereocenters. The van der Waals surface area contributed by atoms with E-state index >= 15 is 0 Å². The Morgan fingerprint density at radius 3 is 2.60 bits per heavy atom. The van der Waals surface area contributed by atoms with Crippen LogP contribution in [0, 0.1) is 0 Å². The van der Waals surface area contributed by atoms with Crippen LogP contribution in [0.1, 0.15) is 62.5 Å². The Hall–Kier alpha value is -4.08. The van der Waals surface area contributed by atoms with Gasteiger partial charge in [-0.3, -0.25) is 19.4 Å². The molecule has 0 fully saturated rings. The van der Waals surface area contributed by atoms with E-state index in [0.717, 1.165) is 16.1 Å². The first-order valence-corrected chi connectivity index (χ1v) is 14.7. The van der Waals surface area contributed by atoms with E-state index in [9.17, 15) is 14.4 Å². The number of fused-ring (bicyclic) bond motifs is 1. The van der Waals surface area contributed by atoms with Crippen LogP contribution >= 0.6 is 22.9 Å². The first-order chi connectivity index (χ1) is 20.0. The highest BCUT2D eigenvalue weighted by Gasteiger charge is 2.38. The van der Waals surface area contributed by atoms with Gasteiger partial charge in [-0.2, -0.15) is 0 Å². The van der Waals surface area contributed by atoms with Crippen molar-refractivity contribution < 1.29 is 19.1 Å². The molecular weight excluding hydrogens is 572 g/mol. The Kier molecular flexibility index (Phi) is 8.43. The van der Waals surface area contributed by atoms with Gasteiger partial charge in [-0.05, 0) is 52.9 Å². The number of carbonyl (C=O) groups excluding carboxylic acids is 3. The average Bonchev–Trinajstić information content (AvgIpc) is 3.36. The maximum absolute atomic E-state index is 14.1. The van der Waals surface area contributed by atoms with E-state index in [0.29, 0.717) is 28.4 Å². The first-order valence-electron chi connectivity index (χ1n) is 13.5. The molecule has 4 heterocycles. The van der Waals surface area contributed by atoms with E-state index in [1.807, 2.05) is 24.3 Å². The van der Waals surface area contributed by atoms with Crippen molar-refractivity contribution in [1.29, 1.82) is 0 Å². The molecule has 0 radical (unpaired) electrons. The molecule has 42 heavy (non-hydrogen) atoms. The Balaban J connectivity index is 1.45. The summed E-state index contributed by atoms with van der Waals surface area (Å²) in [5.74, 6) is 0.214. The van der Waals surface area contributed by atoms with Crippen LogP contribution < -0.4 is 10.1 Å². The number of ketones is 1. The fraction of sp³-hybridized carbons (Fsp3) is 0.281. The van der Waals surface area contributed by atoms with Crippen molar-refractivity contribution in [2.45, 2.75) is 51.6 Å². The number of hydrogen-bond acceptors (Lipinski definition) is 7. The lowest BCUT2D eigenvalue weighted by Crippen LogP contribution is -2.44. The second-order valence-electron chi connectivity index (χ2n) is 11.2. The molecule has 10 heteroatoms. The molecule has 3 aromatic heterocycles. The van der Waals surface area contributed by atoms with Crippen LogP contribution in [0.2, 0.25) is 5.02 Å². The maximum atomic E-state index is 14.1. The highest BCUT2D eigenvalue weighted by Crippen LogP contribution is 2.36. The number of hydrogen-bond donors (Lipinski definition) is 1. The van der Waals surface area contributed by atoms with Crippen molar-refractivity contribution >= 4 is 46.4 Å². The van der Waals surface area contributed by atoms with E-state index < -0.39 is 11.9 Å². The van der Waals surface area contributed by atoms with Gasteiger partial charge in [0.1, 0.15) is 11.6 Å². The highest BCUT2D eigenvalue weighted by molar-refractivity contribution is 7.14. The van der Waals surface area contributed by atoms with Gasteiger partial charge in [0.05, 0.1) is 28.6 Å². The number of aromatic nitrogens is 2. The number of pyridine rings is 2. The molecular formula is C32H31ClN4O4S. The molecule has 1 aliphatic rings. The Bertz CT molecular complexity index is 1650. The summed E-state index contributed by atoms with van der Waals surface area (Å²) in [5, 5.41) is 2.94. The first kappa shape index (κ1) is 29.4. The minimum atomic E-state index is -0.703. The largest absolute Gasteiger partial charge is 0.497 e. The Morgan fingerprint density at radius 2 is 1.90 bits per heavy atom. The molecule has 8 nitrogen and oxygen atoms in total. The zero-order chi connectivity index (χ0) is 30.0. The van der Waals surface area contributed by atoms with Gasteiger partial charge in [-0.15, -0.1) is 11.3 Å². The minimum absolute atomic E-state index is 0.0427. The van der Waals surface area contributed by atoms with Crippen molar-refractivity contribution in [2.75, 3.05) is 12.4 Å². The molecule has 0 aliphatic carbocycles. The standard InChI is InChI=1S/C32H31ClN4O4S/c1-32(2,3)27-15-20-14-26(38)25(16-21-7-5-6-11-34-21)37(31(40)29(20)42-27)18-19-8-9-23(24(33)13-19)30(39)36-28-17-22(41-4)10-12-35-28/h5-13,15,17,25H,14,16,18H2,1-4H3,(H,35,36,39). The number of nitrogens with one attached hydrogen (secondary N) is 1. The molecule has 1 aliphatic heterocycles. The third-order valence-electron chi connectivity index (χ3n) is 7.08. The molecule has 1 aromatic carbocycles. The SMILES string of the molecule is COc1ccnc(NC(=O)c2ccc(CN3C(=O)c4sc(C(C)(C)C)cc4CC(=O)C3Cc3ccccn3)cc2Cl)c1. The van der Waals surface area contributed by atoms with Crippen LogP contribution in [0.3, 0.4) is 0 Å². The predicted molar refractivity (Wildman–Crippen MR) is 164 cm³/mol. The van der Waals surface area contributed by atoms with E-state index in [2.05, 4.69) is 36.1 Å². The van der Waals surface area contributed by atoms with E-state index in [-0.39, 0.29) is 40.7 Å². The van der Waals surface area contributed by atoms with E-state index in [4.69, 9.17) is 16.3 Å². The number of benzene rings is 1. The van der Waals surface area contributed by atoms with Crippen molar-refractivity contribution in [2.24, 2.45) is 0 Å². The molecule has 0 saturated heterocycles. The number of methoxy groups -OCH3 is 1. The van der Waals surface area contributed by atoms with Crippen molar-refractivity contribution in [3.05, 3.63) is 104 Å². The molecule has 2 amide bonds. The van der Waals surface area contributed by atoms with Crippen LogP contribution in [-0.4, -0.2) is 45.6 Å². The van der Waals surface area contributed by atoms with Gasteiger partial charge in [0, 0.05) is 48.4 Å². The third kappa shape index (κ3) is 6.37. The summed E-state index contributed by atoms with van der Waals surface area (Å²) in [5.41, 5.74) is 2.29. The molecule has 0 spiro atoms. The average molecular weight is 603 g/mol. The molecule has 1 N–H and O–H groups in total. The van der Waals surface area contributed by atoms with Gasteiger partial charge >= 0.3 is 0 Å². The van der Waals surface area contributed by atoms with Crippen molar-refractivity contribution in [3.8, 4) is 5.75 Å². The van der Waals surface area contributed by atoms with Gasteiger partial charge in [0.25, 0.3) is 11.8 Å². The number of ether oxygens (including phenoxy) is 1. The summed E-state index contributed by atoms with van der Waals surface area (Å²) in [6.45, 7) is 6.42. The van der Waals surface area contributed by atoms with Gasteiger partial charge in [0.2, 0.25) is 0 Å². The predicted octanol–water partition coefficient (Wildman–Crippen LogP) is 6.13. The second-order valence-corrected chi connectivity index (χ2v) is 12.6. The summed E-state index contributed by atoms with van der Waals surface area (Å²) < 4.78 is 5.19. The van der Waals surface area contributed by atoms with E-state index in [1.54, 1.807) is 41.4 Å². The zero-order valence-corrected chi connectivity index (χ0v) is 25.4. The van der Waals surface area contributed by atoms with Crippen molar-refractivity contribution in [1.82, 2.24) is 14.9 Å². The van der Waals surface area contributed by atoms with Gasteiger partial charge in [-0.1, -0.05) is 44.5 Å². The van der Waals surface area contributed by atoms with Gasteiger partial charge < -0.3 is 15.0 Å². The summed E-state index contributed by atoms with van der Waals surface area (Å²) >= 11 is 8.03. The summed E-state index contributed by atoms with van der Waals surface area (Å²) in [7, 11) is 1.53. The molecule has 4 aromatic rings. The number of thiophene rings is 1. The topological polar surface area (TPSA) is 101 Å². The van der Waals surface area contributed by atoms with Crippen LogP contribution in [-0.2, 0) is 29.6 Å². The maximum Gasteiger partial charge on any atom is 0.265 e. The minimum Gasteiger partial charge on any atom is -0.497 e. The van der Waals surface area contributed by atoms with Crippen LogP contribution in [0.5, 0.6) is 5.75 Å². The van der Waals surface area contributed by atoms with E-state index in [1.165, 1.54) is 24.6 Å². The normalized spacial score (nSPS) is 15.3. The number of amides is 2. The molecule has 0 bridgehead atoms. The smallest absolute Gasteiger partial charge is 0.265 e. The zero-order valence-electron chi connectivity index (χ0n) is 23.8. The summed E-state index contributed by atoms with van der Waals surface area (Å²) in [6.07, 6.45) is 3.69. The molecule has 5 rings (SSSR count).